The number of aliphatic hydroxyl groups excluding tert-OH is 2. The molecular weight excluding hydrogens is 440 g/mol. The number of carbonyl (C=O) groups is 5. The average molecular weight is 468 g/mol. The smallest absolute Gasteiger partial charge is 0.326 e. The van der Waals surface area contributed by atoms with Crippen molar-refractivity contribution in [1.29, 1.82) is 0 Å². The van der Waals surface area contributed by atoms with Crippen LogP contribution in [0.1, 0.15) is 18.9 Å². The zero-order valence-electron chi connectivity index (χ0n) is 17.8. The third-order valence-corrected chi connectivity index (χ3v) is 4.51. The van der Waals surface area contributed by atoms with E-state index in [2.05, 4.69) is 16.0 Å². The summed E-state index contributed by atoms with van der Waals surface area (Å²) in [4.78, 5) is 59.2. The molecular formula is C20H28N4O9. The monoisotopic (exact) mass is 468 g/mol. The minimum Gasteiger partial charge on any atom is -0.481 e. The van der Waals surface area contributed by atoms with E-state index in [1.807, 2.05) is 0 Å². The number of hydrogen-bond acceptors (Lipinski definition) is 8. The summed E-state index contributed by atoms with van der Waals surface area (Å²) in [6.07, 6.45) is -2.25. The molecule has 13 heteroatoms. The lowest BCUT2D eigenvalue weighted by Gasteiger charge is -2.25. The largest absolute Gasteiger partial charge is 0.481 e. The number of carboxylic acids is 2. The van der Waals surface area contributed by atoms with Gasteiger partial charge in [-0.2, -0.15) is 0 Å². The molecule has 1 rings (SSSR count). The Labute approximate surface area is 189 Å². The van der Waals surface area contributed by atoms with E-state index in [0.29, 0.717) is 5.56 Å². The number of amides is 3. The topological polar surface area (TPSA) is 228 Å². The number of hydrogen-bond donors (Lipinski definition) is 8. The summed E-state index contributed by atoms with van der Waals surface area (Å²) in [5.74, 6) is -5.80. The molecule has 0 aliphatic carbocycles. The average Bonchev–Trinajstić information content (AvgIpc) is 2.74. The highest BCUT2D eigenvalue weighted by molar-refractivity contribution is 5.95. The first-order chi connectivity index (χ1) is 15.5. The molecule has 13 nitrogen and oxygen atoms in total. The van der Waals surface area contributed by atoms with Gasteiger partial charge in [-0.25, -0.2) is 4.79 Å². The van der Waals surface area contributed by atoms with Gasteiger partial charge in [-0.15, -0.1) is 0 Å². The molecule has 0 radical (unpaired) electrons. The molecule has 0 aromatic heterocycles. The summed E-state index contributed by atoms with van der Waals surface area (Å²) in [6, 6.07) is 2.38. The summed E-state index contributed by atoms with van der Waals surface area (Å²) in [5, 5.41) is 43.9. The first-order valence-corrected chi connectivity index (χ1v) is 9.90. The molecule has 0 saturated carbocycles. The Morgan fingerprint density at radius 3 is 1.97 bits per heavy atom. The SMILES string of the molecule is C[C@@H](O)[C@H](NC(=O)[C@@H](N)CC(=O)O)C(=O)N[C@@H](CO)C(=O)N[C@@H](Cc1ccccc1)C(=O)O. The molecule has 0 heterocycles. The van der Waals surface area contributed by atoms with Gasteiger partial charge in [0, 0.05) is 6.42 Å². The van der Waals surface area contributed by atoms with Gasteiger partial charge in [0.2, 0.25) is 17.7 Å². The third kappa shape index (κ3) is 9.22. The lowest BCUT2D eigenvalue weighted by Crippen LogP contribution is -2.60. The van der Waals surface area contributed by atoms with E-state index in [-0.39, 0.29) is 6.42 Å². The summed E-state index contributed by atoms with van der Waals surface area (Å²) < 4.78 is 0. The summed E-state index contributed by atoms with van der Waals surface area (Å²) in [6.45, 7) is 0.246. The predicted octanol–water partition coefficient (Wildman–Crippen LogP) is -3.06. The minimum absolute atomic E-state index is 0.0537. The Morgan fingerprint density at radius 1 is 0.909 bits per heavy atom. The van der Waals surface area contributed by atoms with E-state index in [4.69, 9.17) is 10.8 Å². The van der Waals surface area contributed by atoms with Crippen LogP contribution in [0, 0.1) is 0 Å². The Kier molecular flexibility index (Phi) is 10.9. The minimum atomic E-state index is -1.63. The van der Waals surface area contributed by atoms with Gasteiger partial charge < -0.3 is 42.1 Å². The fourth-order valence-electron chi connectivity index (χ4n) is 2.72. The number of rotatable bonds is 13. The van der Waals surface area contributed by atoms with Crippen LogP contribution in [0.4, 0.5) is 0 Å². The van der Waals surface area contributed by atoms with Gasteiger partial charge in [0.1, 0.15) is 18.1 Å². The van der Waals surface area contributed by atoms with Crippen molar-refractivity contribution in [2.45, 2.75) is 50.0 Å². The van der Waals surface area contributed by atoms with E-state index in [9.17, 15) is 39.3 Å². The zero-order valence-corrected chi connectivity index (χ0v) is 17.8. The maximum absolute atomic E-state index is 12.5. The van der Waals surface area contributed by atoms with Gasteiger partial charge in [0.15, 0.2) is 0 Å². The van der Waals surface area contributed by atoms with Crippen LogP contribution in [0.25, 0.3) is 0 Å². The van der Waals surface area contributed by atoms with Gasteiger partial charge >= 0.3 is 11.9 Å². The molecule has 0 spiro atoms. The van der Waals surface area contributed by atoms with Crippen molar-refractivity contribution < 1.29 is 44.4 Å². The zero-order chi connectivity index (χ0) is 25.1. The van der Waals surface area contributed by atoms with Crippen molar-refractivity contribution in [3.05, 3.63) is 35.9 Å². The van der Waals surface area contributed by atoms with Crippen LogP contribution in [-0.4, -0.2) is 87.0 Å². The van der Waals surface area contributed by atoms with E-state index in [0.717, 1.165) is 6.92 Å². The van der Waals surface area contributed by atoms with Crippen LogP contribution < -0.4 is 21.7 Å². The van der Waals surface area contributed by atoms with Gasteiger partial charge in [-0.1, -0.05) is 30.3 Å². The van der Waals surface area contributed by atoms with E-state index in [1.54, 1.807) is 30.3 Å². The molecule has 0 aliphatic rings. The lowest BCUT2D eigenvalue weighted by atomic mass is 10.1. The summed E-state index contributed by atoms with van der Waals surface area (Å²) in [5.41, 5.74) is 6.05. The molecule has 0 bridgehead atoms. The fourth-order valence-corrected chi connectivity index (χ4v) is 2.72. The highest BCUT2D eigenvalue weighted by Gasteiger charge is 2.32. The van der Waals surface area contributed by atoms with Crippen LogP contribution in [0.5, 0.6) is 0 Å². The lowest BCUT2D eigenvalue weighted by molar-refractivity contribution is -0.142. The Balaban J connectivity index is 2.84. The molecule has 1 aromatic rings. The van der Waals surface area contributed by atoms with E-state index >= 15 is 0 Å². The van der Waals surface area contributed by atoms with Crippen LogP contribution in [0.3, 0.4) is 0 Å². The van der Waals surface area contributed by atoms with Crippen molar-refractivity contribution in [2.24, 2.45) is 5.73 Å². The molecule has 182 valence electrons. The predicted molar refractivity (Wildman–Crippen MR) is 113 cm³/mol. The molecule has 0 unspecified atom stereocenters. The first kappa shape index (κ1) is 27.5. The second-order valence-electron chi connectivity index (χ2n) is 7.26. The number of aliphatic hydroxyl groups is 2. The Morgan fingerprint density at radius 2 is 1.48 bits per heavy atom. The van der Waals surface area contributed by atoms with Gasteiger partial charge in [-0.3, -0.25) is 19.2 Å². The Bertz CT molecular complexity index is 847. The van der Waals surface area contributed by atoms with Crippen molar-refractivity contribution >= 4 is 29.7 Å². The van der Waals surface area contributed by atoms with Gasteiger partial charge in [0.05, 0.1) is 25.2 Å². The normalized spacial score (nSPS) is 15.3. The molecule has 0 fully saturated rings. The van der Waals surface area contributed by atoms with Crippen molar-refractivity contribution in [2.75, 3.05) is 6.61 Å². The molecule has 1 aromatic carbocycles. The van der Waals surface area contributed by atoms with E-state index < -0.39 is 73.0 Å². The first-order valence-electron chi connectivity index (χ1n) is 9.90. The van der Waals surface area contributed by atoms with Crippen LogP contribution in [0.2, 0.25) is 0 Å². The highest BCUT2D eigenvalue weighted by atomic mass is 16.4. The number of aliphatic carboxylic acids is 2. The molecule has 0 aliphatic heterocycles. The maximum atomic E-state index is 12.5. The van der Waals surface area contributed by atoms with Crippen LogP contribution >= 0.6 is 0 Å². The Hall–Kier alpha value is -3.55. The number of carboxylic acid groups (broad SMARTS) is 2. The molecule has 9 N–H and O–H groups in total. The number of nitrogens with two attached hydrogens (primary N) is 1. The quantitative estimate of drug-likeness (QED) is 0.146. The second kappa shape index (κ2) is 13.1. The highest BCUT2D eigenvalue weighted by Crippen LogP contribution is 2.04. The van der Waals surface area contributed by atoms with Gasteiger partial charge in [-0.05, 0) is 12.5 Å². The molecule has 33 heavy (non-hydrogen) atoms. The maximum Gasteiger partial charge on any atom is 0.326 e. The number of carbonyl (C=O) groups excluding carboxylic acids is 3. The van der Waals surface area contributed by atoms with Gasteiger partial charge in [0.25, 0.3) is 0 Å². The summed E-state index contributed by atoms with van der Waals surface area (Å²) in [7, 11) is 0. The molecule has 3 amide bonds. The molecule has 5 atom stereocenters. The van der Waals surface area contributed by atoms with Crippen molar-refractivity contribution in [1.82, 2.24) is 16.0 Å². The van der Waals surface area contributed by atoms with Crippen molar-refractivity contribution in [3.8, 4) is 0 Å². The van der Waals surface area contributed by atoms with E-state index in [1.165, 1.54) is 0 Å². The van der Waals surface area contributed by atoms with Crippen LogP contribution in [0.15, 0.2) is 30.3 Å². The third-order valence-electron chi connectivity index (χ3n) is 4.51. The standard InChI is InChI=1S/C20H28N4O9/c1-10(26)16(24-17(29)12(21)8-15(27)28)19(31)23-14(9-25)18(30)22-13(20(32)33)7-11-5-3-2-4-6-11/h2-6,10,12-14,16,25-26H,7-9,21H2,1H3,(H,22,30)(H,23,31)(H,24,29)(H,27,28)(H,32,33)/t10-,12+,13+,14+,16+/m1/s1. The summed E-state index contributed by atoms with van der Waals surface area (Å²) >= 11 is 0. The number of nitrogens with one attached hydrogen (secondary N) is 3. The molecule has 0 saturated heterocycles. The number of benzene rings is 1. The van der Waals surface area contributed by atoms with Crippen LogP contribution in [-0.2, 0) is 30.4 Å². The van der Waals surface area contributed by atoms with Crippen molar-refractivity contribution in [3.63, 3.8) is 0 Å². The fraction of sp³-hybridized carbons (Fsp3) is 0.450. The second-order valence-corrected chi connectivity index (χ2v) is 7.26.